The smallest absolute Gasteiger partial charge is 0.0902 e. The molecule has 0 saturated heterocycles. The van der Waals surface area contributed by atoms with Crippen molar-refractivity contribution in [3.63, 3.8) is 0 Å². The first-order valence-electron chi connectivity index (χ1n) is 1.47. The standard InChI is InChI=1S/C4H4O.Ba.2H/c1-2-4-5-3-1;;;/h1-4H;;;. The van der Waals surface area contributed by atoms with Gasteiger partial charge >= 0.3 is 48.9 Å². The molecular weight excluding hydrogens is 201 g/mol. The third-order valence-electron chi connectivity index (χ3n) is 0.425. The van der Waals surface area contributed by atoms with E-state index < -0.39 is 0 Å². The van der Waals surface area contributed by atoms with Gasteiger partial charge in [0.15, 0.2) is 0 Å². The Kier molecular flexibility index (Phi) is 4.59. The molecule has 0 bridgehead atoms. The summed E-state index contributed by atoms with van der Waals surface area (Å²) >= 11 is 0. The molecule has 1 rings (SSSR count). The molecule has 0 aliphatic carbocycles. The molecule has 6 heavy (non-hydrogen) atoms. The predicted octanol–water partition coefficient (Wildman–Crippen LogP) is 0.363. The molecule has 0 unspecified atom stereocenters. The van der Waals surface area contributed by atoms with E-state index in [1.165, 1.54) is 0 Å². The normalized spacial score (nSPS) is 6.67. The van der Waals surface area contributed by atoms with Gasteiger partial charge in [0.2, 0.25) is 0 Å². The van der Waals surface area contributed by atoms with Crippen molar-refractivity contribution < 1.29 is 4.42 Å². The average Bonchev–Trinajstić information content (AvgIpc) is 1.76. The molecule has 0 spiro atoms. The van der Waals surface area contributed by atoms with Crippen LogP contribution in [0.2, 0.25) is 0 Å². The molecule has 1 aromatic rings. The van der Waals surface area contributed by atoms with Crippen molar-refractivity contribution >= 4 is 48.9 Å². The Morgan fingerprint density at radius 3 is 1.67 bits per heavy atom. The van der Waals surface area contributed by atoms with E-state index in [2.05, 4.69) is 4.42 Å². The van der Waals surface area contributed by atoms with Crippen LogP contribution in [-0.4, -0.2) is 48.9 Å². The molecule has 0 amide bonds. The van der Waals surface area contributed by atoms with Gasteiger partial charge < -0.3 is 4.42 Å². The second-order valence-corrected chi connectivity index (χ2v) is 0.793. The largest absolute Gasteiger partial charge is 0.473 e. The van der Waals surface area contributed by atoms with Crippen molar-refractivity contribution in [1.29, 1.82) is 0 Å². The van der Waals surface area contributed by atoms with Gasteiger partial charge in [-0.15, -0.1) is 0 Å². The predicted molar refractivity (Wildman–Crippen MR) is 27.3 cm³/mol. The summed E-state index contributed by atoms with van der Waals surface area (Å²) in [6.07, 6.45) is 3.25. The van der Waals surface area contributed by atoms with E-state index in [4.69, 9.17) is 0 Å². The van der Waals surface area contributed by atoms with Gasteiger partial charge in [0.1, 0.15) is 0 Å². The minimum Gasteiger partial charge on any atom is -0.473 e. The summed E-state index contributed by atoms with van der Waals surface area (Å²) in [7, 11) is 0. The Bertz CT molecular complexity index is 64.0. The monoisotopic (exact) mass is 208 g/mol. The molecule has 0 aliphatic rings. The molecular formula is C4H6BaO. The Balaban J connectivity index is 0.000000250. The summed E-state index contributed by atoms with van der Waals surface area (Å²) in [5, 5.41) is 0. The molecule has 1 heterocycles. The number of rotatable bonds is 0. The second-order valence-electron chi connectivity index (χ2n) is 0.793. The average molecular weight is 207 g/mol. The zero-order valence-corrected chi connectivity index (χ0v) is 2.72. The summed E-state index contributed by atoms with van der Waals surface area (Å²) in [5.74, 6) is 0. The van der Waals surface area contributed by atoms with Gasteiger partial charge in [-0.3, -0.25) is 0 Å². The molecule has 1 nitrogen and oxygen atoms in total. The van der Waals surface area contributed by atoms with E-state index in [0.717, 1.165) is 0 Å². The SMILES string of the molecule is [BaH2].c1ccoc1. The minimum absolute atomic E-state index is 0. The molecule has 0 aliphatic heterocycles. The topological polar surface area (TPSA) is 13.1 Å². The molecule has 30 valence electrons. The maximum absolute atomic E-state index is 4.58. The summed E-state index contributed by atoms with van der Waals surface area (Å²) in [6, 6.07) is 3.67. The summed E-state index contributed by atoms with van der Waals surface area (Å²) in [6.45, 7) is 0. The summed E-state index contributed by atoms with van der Waals surface area (Å²) < 4.78 is 4.58. The maximum Gasteiger partial charge on any atom is 0.0902 e. The van der Waals surface area contributed by atoms with Crippen molar-refractivity contribution in [3.8, 4) is 0 Å². The van der Waals surface area contributed by atoms with Gasteiger partial charge in [0.25, 0.3) is 0 Å². The molecule has 0 radical (unpaired) electrons. The van der Waals surface area contributed by atoms with Crippen molar-refractivity contribution in [2.45, 2.75) is 0 Å². The minimum atomic E-state index is 0. The number of furan rings is 1. The van der Waals surface area contributed by atoms with Gasteiger partial charge in [0.05, 0.1) is 12.5 Å². The van der Waals surface area contributed by atoms with Gasteiger partial charge in [-0.1, -0.05) is 0 Å². The van der Waals surface area contributed by atoms with Gasteiger partial charge in [-0.2, -0.15) is 0 Å². The van der Waals surface area contributed by atoms with Crippen LogP contribution in [0, 0.1) is 0 Å². The van der Waals surface area contributed by atoms with Crippen LogP contribution in [-0.2, 0) is 0 Å². The molecule has 1 aromatic heterocycles. The van der Waals surface area contributed by atoms with Gasteiger partial charge in [0, 0.05) is 0 Å². The fraction of sp³-hybridized carbons (Fsp3) is 0. The van der Waals surface area contributed by atoms with E-state index in [9.17, 15) is 0 Å². The maximum atomic E-state index is 4.58. The Morgan fingerprint density at radius 1 is 1.00 bits per heavy atom. The van der Waals surface area contributed by atoms with E-state index in [-0.39, 0.29) is 48.9 Å². The zero-order chi connectivity index (χ0) is 3.54. The van der Waals surface area contributed by atoms with Gasteiger partial charge in [-0.25, -0.2) is 0 Å². The molecule has 0 N–H and O–H groups in total. The number of hydrogen-bond acceptors (Lipinski definition) is 1. The van der Waals surface area contributed by atoms with Crippen molar-refractivity contribution in [1.82, 2.24) is 0 Å². The van der Waals surface area contributed by atoms with E-state index in [1.807, 2.05) is 12.1 Å². The van der Waals surface area contributed by atoms with Crippen molar-refractivity contribution in [2.24, 2.45) is 0 Å². The first-order chi connectivity index (χ1) is 2.50. The zero-order valence-electron chi connectivity index (χ0n) is 2.72. The van der Waals surface area contributed by atoms with Crippen molar-refractivity contribution in [2.75, 3.05) is 0 Å². The van der Waals surface area contributed by atoms with Crippen LogP contribution < -0.4 is 0 Å². The first kappa shape index (κ1) is 6.85. The third kappa shape index (κ3) is 2.10. The summed E-state index contributed by atoms with van der Waals surface area (Å²) in [4.78, 5) is 0. The number of hydrogen-bond donors (Lipinski definition) is 0. The van der Waals surface area contributed by atoms with Crippen LogP contribution in [0.5, 0.6) is 0 Å². The van der Waals surface area contributed by atoms with Crippen LogP contribution in [0.15, 0.2) is 29.1 Å². The Hall–Kier alpha value is 0.851. The van der Waals surface area contributed by atoms with E-state index in [0.29, 0.717) is 0 Å². The quantitative estimate of drug-likeness (QED) is 0.560. The van der Waals surface area contributed by atoms with E-state index >= 15 is 0 Å². The fourth-order valence-corrected chi connectivity index (χ4v) is 0.227. The Labute approximate surface area is 76.8 Å². The van der Waals surface area contributed by atoms with Crippen LogP contribution in [0.4, 0.5) is 0 Å². The van der Waals surface area contributed by atoms with Crippen LogP contribution in [0.25, 0.3) is 0 Å². The third-order valence-corrected chi connectivity index (χ3v) is 0.425. The Morgan fingerprint density at radius 2 is 1.50 bits per heavy atom. The molecule has 0 atom stereocenters. The molecule has 0 aromatic carbocycles. The molecule has 0 saturated carbocycles. The van der Waals surface area contributed by atoms with Crippen LogP contribution in [0.3, 0.4) is 0 Å². The second kappa shape index (κ2) is 4.02. The van der Waals surface area contributed by atoms with Crippen LogP contribution >= 0.6 is 0 Å². The first-order valence-corrected chi connectivity index (χ1v) is 1.47. The van der Waals surface area contributed by atoms with Crippen LogP contribution in [0.1, 0.15) is 0 Å². The summed E-state index contributed by atoms with van der Waals surface area (Å²) in [5.41, 5.74) is 0. The van der Waals surface area contributed by atoms with Gasteiger partial charge in [-0.05, 0) is 12.1 Å². The fourth-order valence-electron chi connectivity index (χ4n) is 0.227. The molecule has 0 fully saturated rings. The van der Waals surface area contributed by atoms with E-state index in [1.54, 1.807) is 12.5 Å². The van der Waals surface area contributed by atoms with Crippen molar-refractivity contribution in [3.05, 3.63) is 24.7 Å². The molecule has 2 heteroatoms.